The molecule has 4 heteroatoms. The Bertz CT molecular complexity index is 476. The van der Waals surface area contributed by atoms with Gasteiger partial charge in [0.1, 0.15) is 17.8 Å². The van der Waals surface area contributed by atoms with Crippen LogP contribution in [0.15, 0.2) is 70.7 Å². The third kappa shape index (κ3) is 9.11. The van der Waals surface area contributed by atoms with Crippen LogP contribution < -0.4 is 0 Å². The third-order valence-corrected chi connectivity index (χ3v) is 1.93. The second-order valence-corrected chi connectivity index (χ2v) is 4.64. The monoisotopic (exact) mass is 298 g/mol. The molecule has 102 valence electrons. The lowest BCUT2D eigenvalue weighted by Gasteiger charge is -2.07. The molecular weight excluding hydrogens is 283 g/mol. The van der Waals surface area contributed by atoms with Crippen molar-refractivity contribution in [2.45, 2.75) is 13.8 Å². The highest BCUT2D eigenvalue weighted by Gasteiger charge is 2.00. The SMILES string of the molecule is C=C(Cl)/C=C(\C=C(/C)Cl)OC(=C)/C=C(C=O)\C=C/C. The van der Waals surface area contributed by atoms with Gasteiger partial charge in [0.25, 0.3) is 0 Å². The van der Waals surface area contributed by atoms with Gasteiger partial charge in [-0.3, -0.25) is 4.79 Å². The van der Waals surface area contributed by atoms with E-state index in [4.69, 9.17) is 27.9 Å². The number of ether oxygens (including phenoxy) is 1. The normalized spacial score (nSPS) is 13.6. The Morgan fingerprint density at radius 2 is 1.79 bits per heavy atom. The van der Waals surface area contributed by atoms with Gasteiger partial charge in [0, 0.05) is 15.6 Å². The van der Waals surface area contributed by atoms with Crippen molar-refractivity contribution in [1.29, 1.82) is 0 Å². The van der Waals surface area contributed by atoms with Gasteiger partial charge in [-0.25, -0.2) is 0 Å². The van der Waals surface area contributed by atoms with Crippen LogP contribution in [-0.4, -0.2) is 6.29 Å². The summed E-state index contributed by atoms with van der Waals surface area (Å²) in [7, 11) is 0. The van der Waals surface area contributed by atoms with E-state index < -0.39 is 0 Å². The van der Waals surface area contributed by atoms with Crippen LogP contribution in [0.3, 0.4) is 0 Å². The van der Waals surface area contributed by atoms with Crippen molar-refractivity contribution in [3.05, 3.63) is 70.7 Å². The fourth-order valence-corrected chi connectivity index (χ4v) is 1.35. The van der Waals surface area contributed by atoms with Gasteiger partial charge in [-0.2, -0.15) is 0 Å². The molecule has 0 aliphatic heterocycles. The largest absolute Gasteiger partial charge is 0.458 e. The van der Waals surface area contributed by atoms with Crippen LogP contribution in [0, 0.1) is 0 Å². The minimum atomic E-state index is 0.290. The number of hydrogen-bond donors (Lipinski definition) is 0. The number of halogens is 2. The summed E-state index contributed by atoms with van der Waals surface area (Å²) >= 11 is 11.5. The number of aldehydes is 1. The van der Waals surface area contributed by atoms with Crippen LogP contribution in [0.25, 0.3) is 0 Å². The van der Waals surface area contributed by atoms with Gasteiger partial charge in [-0.05, 0) is 32.1 Å². The van der Waals surface area contributed by atoms with Gasteiger partial charge >= 0.3 is 0 Å². The van der Waals surface area contributed by atoms with E-state index in [0.717, 1.165) is 0 Å². The minimum absolute atomic E-state index is 0.290. The van der Waals surface area contributed by atoms with Crippen molar-refractivity contribution in [2.75, 3.05) is 0 Å². The van der Waals surface area contributed by atoms with Crippen LogP contribution in [0.1, 0.15) is 13.8 Å². The molecule has 0 spiro atoms. The summed E-state index contributed by atoms with van der Waals surface area (Å²) in [5.41, 5.74) is 0.447. The van der Waals surface area contributed by atoms with Gasteiger partial charge < -0.3 is 4.74 Å². The van der Waals surface area contributed by atoms with Crippen LogP contribution in [0.2, 0.25) is 0 Å². The van der Waals surface area contributed by atoms with Gasteiger partial charge in [0.15, 0.2) is 0 Å². The Hall–Kier alpha value is -1.51. The maximum Gasteiger partial charge on any atom is 0.150 e. The first-order chi connectivity index (χ1) is 8.88. The highest BCUT2D eigenvalue weighted by atomic mass is 35.5. The van der Waals surface area contributed by atoms with Crippen LogP contribution in [0.4, 0.5) is 0 Å². The Morgan fingerprint density at radius 1 is 1.16 bits per heavy atom. The standard InChI is InChI=1S/C15H16Cl2O2/c1-5-6-14(10-18)9-13(4)19-15(7-11(2)16)8-12(3)17/h5-10H,2,4H2,1,3H3/b6-5-,12-8+,14-9+,15-7+. The molecule has 0 saturated heterocycles. The molecule has 0 aliphatic rings. The molecule has 0 heterocycles. The van der Waals surface area contributed by atoms with Gasteiger partial charge in [0.05, 0.1) is 0 Å². The van der Waals surface area contributed by atoms with E-state index in [1.54, 1.807) is 25.2 Å². The van der Waals surface area contributed by atoms with Crippen LogP contribution >= 0.6 is 23.2 Å². The molecule has 0 atom stereocenters. The van der Waals surface area contributed by atoms with Crippen molar-refractivity contribution in [3.8, 4) is 0 Å². The van der Waals surface area contributed by atoms with E-state index in [2.05, 4.69) is 13.2 Å². The van der Waals surface area contributed by atoms with E-state index in [-0.39, 0.29) is 0 Å². The molecule has 0 unspecified atom stereocenters. The number of carbonyl (C=O) groups is 1. The third-order valence-electron chi connectivity index (χ3n) is 1.71. The molecule has 0 rings (SSSR count). The van der Waals surface area contributed by atoms with Gasteiger partial charge in [-0.15, -0.1) is 0 Å². The number of hydrogen-bond acceptors (Lipinski definition) is 2. The summed E-state index contributed by atoms with van der Waals surface area (Å²) in [4.78, 5) is 10.8. The summed E-state index contributed by atoms with van der Waals surface area (Å²) in [5.74, 6) is 0.679. The van der Waals surface area contributed by atoms with Crippen LogP contribution in [-0.2, 0) is 9.53 Å². The first-order valence-electron chi connectivity index (χ1n) is 5.45. The van der Waals surface area contributed by atoms with Crippen molar-refractivity contribution in [1.82, 2.24) is 0 Å². The predicted molar refractivity (Wildman–Crippen MR) is 81.9 cm³/mol. The zero-order valence-corrected chi connectivity index (χ0v) is 12.5. The maximum absolute atomic E-state index is 10.8. The quantitative estimate of drug-likeness (QED) is 0.286. The summed E-state index contributed by atoms with van der Waals surface area (Å²) in [6.07, 6.45) is 8.69. The van der Waals surface area contributed by atoms with E-state index in [9.17, 15) is 4.79 Å². The van der Waals surface area contributed by atoms with Crippen molar-refractivity contribution >= 4 is 29.5 Å². The highest BCUT2D eigenvalue weighted by Crippen LogP contribution is 2.16. The molecule has 0 aliphatic carbocycles. The molecule has 0 aromatic carbocycles. The van der Waals surface area contributed by atoms with Crippen molar-refractivity contribution in [3.63, 3.8) is 0 Å². The molecule has 0 radical (unpaired) electrons. The van der Waals surface area contributed by atoms with E-state index in [0.29, 0.717) is 33.4 Å². The fraction of sp³-hybridized carbons (Fsp3) is 0.133. The molecule has 0 amide bonds. The highest BCUT2D eigenvalue weighted by molar-refractivity contribution is 6.31. The zero-order chi connectivity index (χ0) is 14.8. The zero-order valence-electron chi connectivity index (χ0n) is 11.0. The number of allylic oxidation sites excluding steroid dienone is 8. The fourth-order valence-electron chi connectivity index (χ4n) is 1.13. The summed E-state index contributed by atoms with van der Waals surface area (Å²) in [6.45, 7) is 10.8. The first kappa shape index (κ1) is 17.5. The molecule has 0 N–H and O–H groups in total. The predicted octanol–water partition coefficient (Wildman–Crippen LogP) is 5.00. The van der Waals surface area contributed by atoms with Crippen molar-refractivity contribution < 1.29 is 9.53 Å². The molecule has 0 saturated carbocycles. The van der Waals surface area contributed by atoms with Crippen molar-refractivity contribution in [2.24, 2.45) is 0 Å². The van der Waals surface area contributed by atoms with Gasteiger partial charge in [-0.1, -0.05) is 48.5 Å². The Morgan fingerprint density at radius 3 is 2.21 bits per heavy atom. The molecular formula is C15H16Cl2O2. The lowest BCUT2D eigenvalue weighted by molar-refractivity contribution is -0.104. The topological polar surface area (TPSA) is 26.3 Å². The molecule has 0 aromatic rings. The van der Waals surface area contributed by atoms with E-state index in [1.165, 1.54) is 12.2 Å². The Kier molecular flexibility index (Phi) is 8.68. The second kappa shape index (κ2) is 9.42. The van der Waals surface area contributed by atoms with Crippen LogP contribution in [0.5, 0.6) is 0 Å². The second-order valence-electron chi connectivity index (χ2n) is 3.56. The lowest BCUT2D eigenvalue weighted by Crippen LogP contribution is -1.90. The molecule has 19 heavy (non-hydrogen) atoms. The molecule has 0 bridgehead atoms. The lowest BCUT2D eigenvalue weighted by atomic mass is 10.2. The van der Waals surface area contributed by atoms with Gasteiger partial charge in [0.2, 0.25) is 0 Å². The van der Waals surface area contributed by atoms with E-state index in [1.807, 2.05) is 6.92 Å². The molecule has 0 aromatic heterocycles. The average Bonchev–Trinajstić information content (AvgIpc) is 2.26. The summed E-state index contributed by atoms with van der Waals surface area (Å²) in [5, 5.41) is 0.815. The minimum Gasteiger partial charge on any atom is -0.458 e. The Labute approximate surface area is 124 Å². The first-order valence-corrected chi connectivity index (χ1v) is 6.21. The summed E-state index contributed by atoms with van der Waals surface area (Å²) < 4.78 is 5.44. The molecule has 2 nitrogen and oxygen atoms in total. The molecule has 0 fully saturated rings. The van der Waals surface area contributed by atoms with E-state index >= 15 is 0 Å². The number of rotatable bonds is 7. The summed E-state index contributed by atoms with van der Waals surface area (Å²) in [6, 6.07) is 0. The average molecular weight is 299 g/mol. The number of carbonyl (C=O) groups excluding carboxylic acids is 1. The smallest absolute Gasteiger partial charge is 0.150 e. The Balaban J connectivity index is 5.07. The maximum atomic E-state index is 10.8.